The maximum atomic E-state index is 12.8. The number of hydrogen-bond donors (Lipinski definition) is 2. The number of aromatic nitrogens is 4. The van der Waals surface area contributed by atoms with E-state index in [0.29, 0.717) is 17.6 Å². The normalized spacial score (nSPS) is 25.1. The van der Waals surface area contributed by atoms with Gasteiger partial charge in [-0.15, -0.1) is 0 Å². The lowest BCUT2D eigenvalue weighted by molar-refractivity contribution is 0.0194. The standard InChI is InChI=1S/C15H21N5O4S/c1-9(2)12-16-7-11(17-12)25(22,23)20-6-5-15(21,8-20)14-18-13(19-24-14)10-3-4-10/h7,9-10,21H,3-6,8H2,1-2H3,(H,16,17)/t15-/m0/s1. The molecule has 9 nitrogen and oxygen atoms in total. The van der Waals surface area contributed by atoms with Crippen molar-refractivity contribution in [3.8, 4) is 0 Å². The SMILES string of the molecule is CC(C)c1ncc(S(=O)(=O)N2CC[C@@](O)(c3nc(C4CC4)no3)C2)[nH]1. The van der Waals surface area contributed by atoms with Crippen LogP contribution in [0.3, 0.4) is 0 Å². The van der Waals surface area contributed by atoms with Crippen LogP contribution in [0.5, 0.6) is 0 Å². The fraction of sp³-hybridized carbons (Fsp3) is 0.667. The Morgan fingerprint density at radius 1 is 1.44 bits per heavy atom. The highest BCUT2D eigenvalue weighted by Crippen LogP contribution is 2.40. The van der Waals surface area contributed by atoms with E-state index in [1.165, 1.54) is 10.5 Å². The van der Waals surface area contributed by atoms with Crippen molar-refractivity contribution in [1.29, 1.82) is 0 Å². The molecule has 1 saturated carbocycles. The Morgan fingerprint density at radius 2 is 2.20 bits per heavy atom. The number of hydrogen-bond acceptors (Lipinski definition) is 7. The largest absolute Gasteiger partial charge is 0.379 e. The van der Waals surface area contributed by atoms with Gasteiger partial charge < -0.3 is 14.6 Å². The molecule has 2 fully saturated rings. The van der Waals surface area contributed by atoms with E-state index in [9.17, 15) is 13.5 Å². The molecule has 1 atom stereocenters. The van der Waals surface area contributed by atoms with Crippen molar-refractivity contribution in [2.24, 2.45) is 0 Å². The molecular formula is C15H21N5O4S. The molecule has 2 aliphatic rings. The van der Waals surface area contributed by atoms with E-state index in [1.807, 2.05) is 13.8 Å². The molecule has 2 aromatic rings. The number of aromatic amines is 1. The third-order valence-corrected chi connectivity index (χ3v) is 6.49. The van der Waals surface area contributed by atoms with E-state index < -0.39 is 15.6 Å². The van der Waals surface area contributed by atoms with Crippen LogP contribution in [0.2, 0.25) is 0 Å². The van der Waals surface area contributed by atoms with Gasteiger partial charge in [0.25, 0.3) is 15.9 Å². The van der Waals surface area contributed by atoms with Gasteiger partial charge in [0.1, 0.15) is 5.82 Å². The van der Waals surface area contributed by atoms with Crippen molar-refractivity contribution in [2.75, 3.05) is 13.1 Å². The second kappa shape index (κ2) is 5.61. The zero-order valence-electron chi connectivity index (χ0n) is 14.1. The number of rotatable bonds is 5. The van der Waals surface area contributed by atoms with E-state index in [4.69, 9.17) is 4.52 Å². The maximum absolute atomic E-state index is 12.8. The van der Waals surface area contributed by atoms with Crippen LogP contribution in [0.25, 0.3) is 0 Å². The molecule has 0 amide bonds. The summed E-state index contributed by atoms with van der Waals surface area (Å²) >= 11 is 0. The summed E-state index contributed by atoms with van der Waals surface area (Å²) in [6, 6.07) is 0. The Labute approximate surface area is 145 Å². The fourth-order valence-electron chi connectivity index (χ4n) is 2.95. The van der Waals surface area contributed by atoms with Gasteiger partial charge in [0.2, 0.25) is 0 Å². The van der Waals surface area contributed by atoms with Crippen molar-refractivity contribution in [1.82, 2.24) is 24.4 Å². The molecule has 0 aromatic carbocycles. The van der Waals surface area contributed by atoms with E-state index in [0.717, 1.165) is 12.8 Å². The molecule has 25 heavy (non-hydrogen) atoms. The minimum atomic E-state index is -3.76. The smallest absolute Gasteiger partial charge is 0.260 e. The summed E-state index contributed by atoms with van der Waals surface area (Å²) in [6.45, 7) is 3.92. The lowest BCUT2D eigenvalue weighted by Crippen LogP contribution is -2.34. The Morgan fingerprint density at radius 3 is 2.84 bits per heavy atom. The van der Waals surface area contributed by atoms with Gasteiger partial charge in [-0.2, -0.15) is 9.29 Å². The zero-order valence-corrected chi connectivity index (χ0v) is 15.0. The Kier molecular flexibility index (Phi) is 3.74. The summed E-state index contributed by atoms with van der Waals surface area (Å²) in [4.78, 5) is 11.2. The Bertz CT molecular complexity index is 885. The first-order valence-corrected chi connectivity index (χ1v) is 9.85. The molecule has 10 heteroatoms. The summed E-state index contributed by atoms with van der Waals surface area (Å²) < 4.78 is 32.0. The molecule has 2 aromatic heterocycles. The number of aliphatic hydroxyl groups is 1. The summed E-state index contributed by atoms with van der Waals surface area (Å²) in [5.74, 6) is 1.71. The van der Waals surface area contributed by atoms with Crippen molar-refractivity contribution < 1.29 is 18.0 Å². The number of nitrogens with one attached hydrogen (secondary N) is 1. The number of nitrogens with zero attached hydrogens (tertiary/aromatic N) is 4. The van der Waals surface area contributed by atoms with Crippen LogP contribution in [0.15, 0.2) is 15.7 Å². The van der Waals surface area contributed by atoms with Crippen molar-refractivity contribution >= 4 is 10.0 Å². The second-order valence-electron chi connectivity index (χ2n) is 7.14. The molecule has 0 spiro atoms. The highest BCUT2D eigenvalue weighted by Gasteiger charge is 2.47. The highest BCUT2D eigenvalue weighted by molar-refractivity contribution is 7.89. The van der Waals surface area contributed by atoms with Gasteiger partial charge in [-0.05, 0) is 12.8 Å². The predicted molar refractivity (Wildman–Crippen MR) is 86.2 cm³/mol. The molecule has 1 aliphatic carbocycles. The van der Waals surface area contributed by atoms with Gasteiger partial charge in [-0.3, -0.25) is 0 Å². The second-order valence-corrected chi connectivity index (χ2v) is 9.05. The molecular weight excluding hydrogens is 346 g/mol. The molecule has 0 unspecified atom stereocenters. The first kappa shape index (κ1) is 16.7. The van der Waals surface area contributed by atoms with Gasteiger partial charge in [0, 0.05) is 24.8 Å². The number of sulfonamides is 1. The molecule has 0 radical (unpaired) electrons. The van der Waals surface area contributed by atoms with Crippen LogP contribution >= 0.6 is 0 Å². The van der Waals surface area contributed by atoms with Crippen LogP contribution in [0.4, 0.5) is 0 Å². The quantitative estimate of drug-likeness (QED) is 0.810. The van der Waals surface area contributed by atoms with Crippen LogP contribution in [-0.2, 0) is 15.6 Å². The monoisotopic (exact) mass is 367 g/mol. The van der Waals surface area contributed by atoms with Crippen LogP contribution in [-0.4, -0.2) is 51.0 Å². The van der Waals surface area contributed by atoms with E-state index in [1.54, 1.807) is 0 Å². The molecule has 1 aliphatic heterocycles. The third-order valence-electron chi connectivity index (χ3n) is 4.73. The van der Waals surface area contributed by atoms with Gasteiger partial charge in [-0.25, -0.2) is 13.4 Å². The maximum Gasteiger partial charge on any atom is 0.260 e. The summed E-state index contributed by atoms with van der Waals surface area (Å²) in [5, 5.41) is 14.8. The van der Waals surface area contributed by atoms with Crippen LogP contribution in [0.1, 0.15) is 62.5 Å². The molecule has 2 N–H and O–H groups in total. The van der Waals surface area contributed by atoms with Crippen molar-refractivity contribution in [3.63, 3.8) is 0 Å². The molecule has 136 valence electrons. The van der Waals surface area contributed by atoms with Crippen LogP contribution < -0.4 is 0 Å². The lowest BCUT2D eigenvalue weighted by atomic mass is 10.0. The third kappa shape index (κ3) is 2.87. The summed E-state index contributed by atoms with van der Waals surface area (Å²) in [6.07, 6.45) is 3.58. The Balaban J connectivity index is 1.55. The molecule has 1 saturated heterocycles. The average molecular weight is 367 g/mol. The van der Waals surface area contributed by atoms with Gasteiger partial charge in [0.05, 0.1) is 12.7 Å². The minimum absolute atomic E-state index is 0.0321. The number of H-pyrrole nitrogens is 1. The van der Waals surface area contributed by atoms with Crippen LogP contribution in [0, 0.1) is 0 Å². The summed E-state index contributed by atoms with van der Waals surface area (Å²) in [5.41, 5.74) is -1.45. The lowest BCUT2D eigenvalue weighted by Gasteiger charge is -2.19. The topological polar surface area (TPSA) is 125 Å². The fourth-order valence-corrected chi connectivity index (χ4v) is 4.37. The van der Waals surface area contributed by atoms with Gasteiger partial charge in [-0.1, -0.05) is 19.0 Å². The number of β-amino-alcohol motifs (C(OH)–C–C–N with tert-alkyl or cyclic N) is 1. The first-order valence-electron chi connectivity index (χ1n) is 8.41. The molecule has 3 heterocycles. The minimum Gasteiger partial charge on any atom is -0.379 e. The van der Waals surface area contributed by atoms with Gasteiger partial charge >= 0.3 is 0 Å². The highest BCUT2D eigenvalue weighted by atomic mass is 32.2. The van der Waals surface area contributed by atoms with Crippen molar-refractivity contribution in [3.05, 3.63) is 23.7 Å². The molecule has 0 bridgehead atoms. The number of imidazole rings is 1. The first-order chi connectivity index (χ1) is 11.8. The van der Waals surface area contributed by atoms with E-state index in [2.05, 4.69) is 20.1 Å². The summed E-state index contributed by atoms with van der Waals surface area (Å²) in [7, 11) is -3.76. The molecule has 4 rings (SSSR count). The predicted octanol–water partition coefficient (Wildman–Crippen LogP) is 1.08. The van der Waals surface area contributed by atoms with Crippen molar-refractivity contribution in [2.45, 2.75) is 55.6 Å². The van der Waals surface area contributed by atoms with Gasteiger partial charge in [0.15, 0.2) is 16.5 Å². The Hall–Kier alpha value is -1.78. The average Bonchev–Trinajstić information content (AvgIpc) is 3.01. The zero-order chi connectivity index (χ0) is 17.8. The van der Waals surface area contributed by atoms with E-state index in [-0.39, 0.29) is 36.3 Å². The van der Waals surface area contributed by atoms with E-state index >= 15 is 0 Å².